The fraction of sp³-hybridized carbons (Fsp3) is 1.00. The van der Waals surface area contributed by atoms with Crippen molar-refractivity contribution in [2.75, 3.05) is 13.7 Å². The minimum absolute atomic E-state index is 0.531. The van der Waals surface area contributed by atoms with E-state index in [4.69, 9.17) is 4.74 Å². The van der Waals surface area contributed by atoms with Crippen molar-refractivity contribution in [2.24, 2.45) is 5.41 Å². The van der Waals surface area contributed by atoms with Crippen LogP contribution in [-0.4, -0.2) is 25.8 Å². The molecule has 2 aliphatic carbocycles. The highest BCUT2D eigenvalue weighted by molar-refractivity contribution is 4.95. The molecule has 1 N–H and O–H groups in total. The van der Waals surface area contributed by atoms with E-state index in [9.17, 15) is 0 Å². The predicted octanol–water partition coefficient (Wildman–Crippen LogP) is 3.11. The van der Waals surface area contributed by atoms with E-state index >= 15 is 0 Å². The van der Waals surface area contributed by atoms with E-state index in [1.54, 1.807) is 0 Å². The maximum Gasteiger partial charge on any atom is 0.0572 e. The first-order valence-corrected chi connectivity index (χ1v) is 7.04. The molecule has 2 aliphatic rings. The molecular formula is C14H27NO. The number of methoxy groups -OCH3 is 1. The molecule has 2 rings (SSSR count). The van der Waals surface area contributed by atoms with Crippen molar-refractivity contribution in [3.05, 3.63) is 0 Å². The molecule has 0 bridgehead atoms. The minimum Gasteiger partial charge on any atom is -0.381 e. The second-order valence-electron chi connectivity index (χ2n) is 5.84. The zero-order valence-electron chi connectivity index (χ0n) is 10.9. The summed E-state index contributed by atoms with van der Waals surface area (Å²) in [5.41, 5.74) is 0.701. The van der Waals surface area contributed by atoms with Gasteiger partial charge in [-0.1, -0.05) is 13.3 Å². The first-order valence-electron chi connectivity index (χ1n) is 7.04. The number of rotatable bonds is 6. The summed E-state index contributed by atoms with van der Waals surface area (Å²) < 4.78 is 5.41. The molecule has 2 heteroatoms. The summed E-state index contributed by atoms with van der Waals surface area (Å²) in [7, 11) is 1.85. The van der Waals surface area contributed by atoms with Crippen LogP contribution in [0.5, 0.6) is 0 Å². The molecule has 94 valence electrons. The van der Waals surface area contributed by atoms with Crippen LogP contribution in [0.4, 0.5) is 0 Å². The molecule has 16 heavy (non-hydrogen) atoms. The highest BCUT2D eigenvalue weighted by atomic mass is 16.5. The maximum absolute atomic E-state index is 5.41. The summed E-state index contributed by atoms with van der Waals surface area (Å²) in [4.78, 5) is 0. The summed E-state index contributed by atoms with van der Waals surface area (Å²) in [6, 6.07) is 0.765. The van der Waals surface area contributed by atoms with E-state index in [0.29, 0.717) is 11.5 Å². The van der Waals surface area contributed by atoms with Gasteiger partial charge in [-0.3, -0.25) is 0 Å². The standard InChI is InChI=1S/C14H27NO/c1-3-8-14(9-10-14)11-15-12-4-6-13(16-2)7-5-12/h12-13,15H,3-11H2,1-2H3. The molecule has 0 aromatic carbocycles. The number of hydrogen-bond donors (Lipinski definition) is 1. The Labute approximate surface area is 100 Å². The zero-order valence-corrected chi connectivity index (χ0v) is 10.9. The van der Waals surface area contributed by atoms with Gasteiger partial charge in [0.05, 0.1) is 6.10 Å². The van der Waals surface area contributed by atoms with E-state index in [1.807, 2.05) is 7.11 Å². The van der Waals surface area contributed by atoms with Gasteiger partial charge in [0, 0.05) is 19.7 Å². The first-order chi connectivity index (χ1) is 7.78. The molecule has 0 saturated heterocycles. The summed E-state index contributed by atoms with van der Waals surface area (Å²) >= 11 is 0. The van der Waals surface area contributed by atoms with Crippen molar-refractivity contribution in [3.63, 3.8) is 0 Å². The van der Waals surface area contributed by atoms with E-state index in [2.05, 4.69) is 12.2 Å². The predicted molar refractivity (Wildman–Crippen MR) is 67.6 cm³/mol. The van der Waals surface area contributed by atoms with Crippen molar-refractivity contribution < 1.29 is 4.74 Å². The van der Waals surface area contributed by atoms with Crippen LogP contribution in [0.25, 0.3) is 0 Å². The lowest BCUT2D eigenvalue weighted by Crippen LogP contribution is -2.38. The third-order valence-corrected chi connectivity index (χ3v) is 4.51. The quantitative estimate of drug-likeness (QED) is 0.750. The molecule has 0 unspecified atom stereocenters. The lowest BCUT2D eigenvalue weighted by molar-refractivity contribution is 0.0618. The van der Waals surface area contributed by atoms with Crippen molar-refractivity contribution in [2.45, 2.75) is 70.4 Å². The topological polar surface area (TPSA) is 21.3 Å². The monoisotopic (exact) mass is 225 g/mol. The molecule has 0 aromatic rings. The van der Waals surface area contributed by atoms with E-state index < -0.39 is 0 Å². The first kappa shape index (κ1) is 12.4. The van der Waals surface area contributed by atoms with Crippen LogP contribution in [0.15, 0.2) is 0 Å². The summed E-state index contributed by atoms with van der Waals surface area (Å²) in [5, 5.41) is 3.80. The normalized spacial score (nSPS) is 32.6. The summed E-state index contributed by atoms with van der Waals surface area (Å²) in [6.07, 6.45) is 11.3. The number of ether oxygens (including phenoxy) is 1. The Morgan fingerprint density at radius 3 is 2.38 bits per heavy atom. The van der Waals surface area contributed by atoms with Crippen LogP contribution < -0.4 is 5.32 Å². The molecule has 0 aromatic heterocycles. The Hall–Kier alpha value is -0.0800. The lowest BCUT2D eigenvalue weighted by Gasteiger charge is -2.29. The van der Waals surface area contributed by atoms with Gasteiger partial charge in [-0.15, -0.1) is 0 Å². The molecular weight excluding hydrogens is 198 g/mol. The van der Waals surface area contributed by atoms with Gasteiger partial charge in [0.1, 0.15) is 0 Å². The van der Waals surface area contributed by atoms with E-state index in [-0.39, 0.29) is 0 Å². The Bertz CT molecular complexity index is 205. The molecule has 2 nitrogen and oxygen atoms in total. The third-order valence-electron chi connectivity index (χ3n) is 4.51. The second-order valence-corrected chi connectivity index (χ2v) is 5.84. The van der Waals surface area contributed by atoms with Crippen molar-refractivity contribution >= 4 is 0 Å². The molecule has 0 atom stereocenters. The molecule has 0 spiro atoms. The van der Waals surface area contributed by atoms with Crippen molar-refractivity contribution in [1.82, 2.24) is 5.32 Å². The van der Waals surface area contributed by atoms with Gasteiger partial charge in [-0.25, -0.2) is 0 Å². The molecule has 0 aliphatic heterocycles. The van der Waals surface area contributed by atoms with Crippen LogP contribution in [0.1, 0.15) is 58.3 Å². The molecule has 2 saturated carbocycles. The Morgan fingerprint density at radius 2 is 1.88 bits per heavy atom. The largest absolute Gasteiger partial charge is 0.381 e. The SMILES string of the molecule is CCCC1(CNC2CCC(OC)CC2)CC1. The fourth-order valence-electron chi connectivity index (χ4n) is 3.09. The van der Waals surface area contributed by atoms with Gasteiger partial charge in [0.25, 0.3) is 0 Å². The maximum atomic E-state index is 5.41. The lowest BCUT2D eigenvalue weighted by atomic mass is 9.92. The highest BCUT2D eigenvalue weighted by Crippen LogP contribution is 2.49. The third kappa shape index (κ3) is 3.21. The van der Waals surface area contributed by atoms with Gasteiger partial charge < -0.3 is 10.1 Å². The average molecular weight is 225 g/mol. The smallest absolute Gasteiger partial charge is 0.0572 e. The minimum atomic E-state index is 0.531. The fourth-order valence-corrected chi connectivity index (χ4v) is 3.09. The van der Waals surface area contributed by atoms with Crippen molar-refractivity contribution in [1.29, 1.82) is 0 Å². The van der Waals surface area contributed by atoms with Crippen LogP contribution in [0.3, 0.4) is 0 Å². The van der Waals surface area contributed by atoms with Crippen LogP contribution >= 0.6 is 0 Å². The van der Waals surface area contributed by atoms with Gasteiger partial charge in [-0.2, -0.15) is 0 Å². The van der Waals surface area contributed by atoms with Crippen molar-refractivity contribution in [3.8, 4) is 0 Å². The van der Waals surface area contributed by atoms with Gasteiger partial charge in [0.2, 0.25) is 0 Å². The Morgan fingerprint density at radius 1 is 1.19 bits per heavy atom. The molecule has 0 radical (unpaired) electrons. The van der Waals surface area contributed by atoms with Gasteiger partial charge >= 0.3 is 0 Å². The second kappa shape index (κ2) is 5.50. The van der Waals surface area contributed by atoms with Gasteiger partial charge in [0.15, 0.2) is 0 Å². The van der Waals surface area contributed by atoms with E-state index in [0.717, 1.165) is 6.04 Å². The summed E-state index contributed by atoms with van der Waals surface area (Å²) in [5.74, 6) is 0. The van der Waals surface area contributed by atoms with Crippen LogP contribution in [0.2, 0.25) is 0 Å². The number of hydrogen-bond acceptors (Lipinski definition) is 2. The van der Waals surface area contributed by atoms with Crippen LogP contribution in [-0.2, 0) is 4.74 Å². The molecule has 0 heterocycles. The number of nitrogens with one attached hydrogen (secondary N) is 1. The van der Waals surface area contributed by atoms with E-state index in [1.165, 1.54) is 57.9 Å². The average Bonchev–Trinajstić information content (AvgIpc) is 3.08. The highest BCUT2D eigenvalue weighted by Gasteiger charge is 2.41. The zero-order chi connectivity index (χ0) is 11.4. The van der Waals surface area contributed by atoms with Gasteiger partial charge in [-0.05, 0) is 50.4 Å². The Balaban J connectivity index is 1.64. The Kier molecular flexibility index (Phi) is 4.26. The summed E-state index contributed by atoms with van der Waals surface area (Å²) in [6.45, 7) is 3.58. The molecule has 2 fully saturated rings. The molecule has 0 amide bonds. The van der Waals surface area contributed by atoms with Crippen LogP contribution in [0, 0.1) is 5.41 Å².